The quantitative estimate of drug-likeness (QED) is 0.175. The van der Waals surface area contributed by atoms with E-state index in [9.17, 15) is 18.0 Å². The van der Waals surface area contributed by atoms with Crippen LogP contribution in [0, 0.1) is 0 Å². The van der Waals surface area contributed by atoms with Crippen molar-refractivity contribution in [2.75, 3.05) is 25.8 Å². The second kappa shape index (κ2) is 14.0. The molecular formula is C30H31Cl2N3O7S2. The Hall–Kier alpha value is -3.58. The fourth-order valence-corrected chi connectivity index (χ4v) is 6.60. The highest BCUT2D eigenvalue weighted by Crippen LogP contribution is 2.39. The van der Waals surface area contributed by atoms with Crippen LogP contribution in [0.3, 0.4) is 0 Å². The number of rotatable bonds is 12. The monoisotopic (exact) mass is 679 g/mol. The topological polar surface area (TPSA) is 133 Å². The Morgan fingerprint density at radius 1 is 1.00 bits per heavy atom. The molecule has 3 aromatic carbocycles. The van der Waals surface area contributed by atoms with Crippen LogP contribution in [0.25, 0.3) is 10.1 Å². The van der Waals surface area contributed by atoms with E-state index < -0.39 is 33.9 Å². The Labute approximate surface area is 269 Å². The molecule has 1 atom stereocenters. The zero-order valence-electron chi connectivity index (χ0n) is 24.6. The summed E-state index contributed by atoms with van der Waals surface area (Å²) < 4.78 is 45.1. The Morgan fingerprint density at radius 3 is 2.39 bits per heavy atom. The zero-order chi connectivity index (χ0) is 32.2. The number of hydrogen-bond acceptors (Lipinski definition) is 10. The Morgan fingerprint density at radius 2 is 1.73 bits per heavy atom. The molecule has 0 radical (unpaired) electrons. The van der Waals surface area contributed by atoms with Crippen LogP contribution < -0.4 is 20.1 Å². The number of anilines is 1. The average molecular weight is 681 g/mol. The van der Waals surface area contributed by atoms with Crippen molar-refractivity contribution in [3.8, 4) is 11.5 Å². The van der Waals surface area contributed by atoms with Crippen molar-refractivity contribution in [1.29, 1.82) is 0 Å². The molecule has 44 heavy (non-hydrogen) atoms. The molecular weight excluding hydrogens is 649 g/mol. The van der Waals surface area contributed by atoms with Gasteiger partial charge in [0.2, 0.25) is 0 Å². The van der Waals surface area contributed by atoms with Crippen LogP contribution in [0.2, 0.25) is 10.0 Å². The zero-order valence-corrected chi connectivity index (χ0v) is 27.7. The number of halogens is 2. The van der Waals surface area contributed by atoms with Gasteiger partial charge in [-0.3, -0.25) is 4.79 Å². The van der Waals surface area contributed by atoms with E-state index in [2.05, 4.69) is 15.0 Å². The fraction of sp³-hybridized carbons (Fsp3) is 0.300. The average Bonchev–Trinajstić information content (AvgIpc) is 3.37. The summed E-state index contributed by atoms with van der Waals surface area (Å²) in [5.41, 5.74) is 1.40. The van der Waals surface area contributed by atoms with Gasteiger partial charge in [0, 0.05) is 24.6 Å². The summed E-state index contributed by atoms with van der Waals surface area (Å²) in [6.07, 6.45) is 0.618. The number of carbonyl (C=O) groups is 2. The van der Waals surface area contributed by atoms with Gasteiger partial charge >= 0.3 is 5.97 Å². The minimum atomic E-state index is -3.48. The summed E-state index contributed by atoms with van der Waals surface area (Å²) >= 11 is 14.4. The van der Waals surface area contributed by atoms with Crippen molar-refractivity contribution in [3.63, 3.8) is 0 Å². The number of nitrogens with zero attached hydrogens (tertiary/aromatic N) is 1. The molecule has 1 aromatic heterocycles. The van der Waals surface area contributed by atoms with Crippen LogP contribution in [0.15, 0.2) is 53.4 Å². The van der Waals surface area contributed by atoms with Gasteiger partial charge in [-0.25, -0.2) is 13.2 Å². The number of aromatic nitrogens is 1. The van der Waals surface area contributed by atoms with Crippen molar-refractivity contribution in [1.82, 2.24) is 9.69 Å². The van der Waals surface area contributed by atoms with Gasteiger partial charge in [0.05, 0.1) is 45.5 Å². The van der Waals surface area contributed by atoms with E-state index in [-0.39, 0.29) is 26.9 Å². The van der Waals surface area contributed by atoms with Crippen molar-refractivity contribution in [3.05, 3.63) is 75.3 Å². The molecule has 1 amide bonds. The predicted molar refractivity (Wildman–Crippen MR) is 172 cm³/mol. The number of amides is 1. The summed E-state index contributed by atoms with van der Waals surface area (Å²) in [5, 5.41) is 6.71. The van der Waals surface area contributed by atoms with Crippen LogP contribution in [0.1, 0.15) is 35.3 Å². The number of fused-ring (bicyclic) bond motifs is 1. The van der Waals surface area contributed by atoms with Gasteiger partial charge < -0.3 is 24.8 Å². The van der Waals surface area contributed by atoms with E-state index in [1.165, 1.54) is 12.1 Å². The molecule has 4 aromatic rings. The first-order valence-electron chi connectivity index (χ1n) is 13.3. The molecule has 234 valence electrons. The first-order valence-corrected chi connectivity index (χ1v) is 16.8. The number of carbonyl (C=O) groups excluding carboxylic acids is 2. The van der Waals surface area contributed by atoms with E-state index in [4.69, 9.17) is 37.4 Å². The molecule has 0 unspecified atom stereocenters. The number of methoxy groups -OCH3 is 2. The lowest BCUT2D eigenvalue weighted by molar-refractivity contribution is -0.149. The predicted octanol–water partition coefficient (Wildman–Crippen LogP) is 5.93. The van der Waals surface area contributed by atoms with E-state index in [0.717, 1.165) is 23.4 Å². The van der Waals surface area contributed by atoms with Gasteiger partial charge in [-0.2, -0.15) is 4.37 Å². The number of esters is 1. The SMILES string of the molecule is COc1ccc(CNc2nsc3c(Cl)c(C(=O)N[C@@H](Cc4cccc(S(C)(=O)=O)c4)C(=O)OC(C)C)c(Cl)cc23)cc1OC. The molecule has 1 heterocycles. The Bertz CT molecular complexity index is 1810. The summed E-state index contributed by atoms with van der Waals surface area (Å²) in [6.45, 7) is 3.78. The highest BCUT2D eigenvalue weighted by molar-refractivity contribution is 7.90. The van der Waals surface area contributed by atoms with Gasteiger partial charge in [-0.15, -0.1) is 0 Å². The number of benzene rings is 3. The highest BCUT2D eigenvalue weighted by Gasteiger charge is 2.28. The molecule has 4 rings (SSSR count). The van der Waals surface area contributed by atoms with E-state index in [1.807, 2.05) is 12.1 Å². The summed E-state index contributed by atoms with van der Waals surface area (Å²) in [4.78, 5) is 26.6. The maximum Gasteiger partial charge on any atom is 0.329 e. The second-order valence-corrected chi connectivity index (χ2v) is 13.7. The number of hydrogen-bond donors (Lipinski definition) is 2. The van der Waals surface area contributed by atoms with Crippen LogP contribution in [0.4, 0.5) is 5.82 Å². The molecule has 0 saturated carbocycles. The molecule has 14 heteroatoms. The fourth-order valence-electron chi connectivity index (χ4n) is 4.40. The lowest BCUT2D eigenvalue weighted by atomic mass is 10.0. The molecule has 2 N–H and O–H groups in total. The maximum atomic E-state index is 13.5. The Balaban J connectivity index is 1.59. The Kier molecular flexibility index (Phi) is 10.6. The van der Waals surface area contributed by atoms with Gasteiger partial charge in [-0.05, 0) is 66.8 Å². The second-order valence-electron chi connectivity index (χ2n) is 10.1. The van der Waals surface area contributed by atoms with Gasteiger partial charge in [-0.1, -0.05) is 41.4 Å². The minimum Gasteiger partial charge on any atom is -0.493 e. The minimum absolute atomic E-state index is 0.0249. The molecule has 0 spiro atoms. The van der Waals surface area contributed by atoms with Gasteiger partial charge in [0.1, 0.15) is 11.9 Å². The third-order valence-corrected chi connectivity index (χ3v) is 9.28. The molecule has 0 aliphatic carbocycles. The van der Waals surface area contributed by atoms with Crippen molar-refractivity contribution < 1.29 is 32.2 Å². The van der Waals surface area contributed by atoms with Crippen molar-refractivity contribution >= 4 is 72.4 Å². The lowest BCUT2D eigenvalue weighted by Gasteiger charge is -2.20. The van der Waals surface area contributed by atoms with Gasteiger partial charge in [0.25, 0.3) is 5.91 Å². The highest BCUT2D eigenvalue weighted by atomic mass is 35.5. The van der Waals surface area contributed by atoms with Crippen LogP contribution >= 0.6 is 34.7 Å². The van der Waals surface area contributed by atoms with Crippen LogP contribution in [-0.4, -0.2) is 57.3 Å². The molecule has 0 aliphatic heterocycles. The molecule has 0 bridgehead atoms. The number of nitrogens with one attached hydrogen (secondary N) is 2. The number of sulfone groups is 1. The largest absolute Gasteiger partial charge is 0.493 e. The van der Waals surface area contributed by atoms with Crippen LogP contribution in [0.5, 0.6) is 11.5 Å². The molecule has 10 nitrogen and oxygen atoms in total. The smallest absolute Gasteiger partial charge is 0.329 e. The van der Waals surface area contributed by atoms with E-state index in [0.29, 0.717) is 39.5 Å². The third kappa shape index (κ3) is 7.73. The normalized spacial score (nSPS) is 12.2. The first-order chi connectivity index (χ1) is 20.8. The van der Waals surface area contributed by atoms with Crippen LogP contribution in [-0.2, 0) is 32.3 Å². The maximum absolute atomic E-state index is 13.5. The molecule has 0 fully saturated rings. The molecule has 0 aliphatic rings. The first kappa shape index (κ1) is 33.3. The molecule has 0 saturated heterocycles. The number of ether oxygens (including phenoxy) is 3. The third-order valence-electron chi connectivity index (χ3n) is 6.50. The summed E-state index contributed by atoms with van der Waals surface area (Å²) in [6, 6.07) is 12.1. The summed E-state index contributed by atoms with van der Waals surface area (Å²) in [7, 11) is -0.354. The van der Waals surface area contributed by atoms with E-state index >= 15 is 0 Å². The standard InChI is InChI=1S/C30H31Cl2N3O7S2/c1-16(2)42-30(37)22(12-17-7-6-8-19(11-17)44(5,38)39)34-29(36)25-21(31)14-20-27(26(25)32)43-35-28(20)33-15-18-9-10-23(40-3)24(13-18)41-4/h6-11,13-14,16,22H,12,15H2,1-5H3,(H,33,35)(H,34,36)/t22-/m0/s1. The van der Waals surface area contributed by atoms with E-state index in [1.54, 1.807) is 52.3 Å². The lowest BCUT2D eigenvalue weighted by Crippen LogP contribution is -2.44. The van der Waals surface area contributed by atoms with Crippen molar-refractivity contribution in [2.45, 2.75) is 43.9 Å². The van der Waals surface area contributed by atoms with Crippen molar-refractivity contribution in [2.24, 2.45) is 0 Å². The summed E-state index contributed by atoms with van der Waals surface area (Å²) in [5.74, 6) is 0.350. The van der Waals surface area contributed by atoms with Gasteiger partial charge in [0.15, 0.2) is 21.3 Å².